The molecule has 0 amide bonds. The zero-order valence-corrected chi connectivity index (χ0v) is 16.0. The van der Waals surface area contributed by atoms with Crippen molar-refractivity contribution in [2.75, 3.05) is 11.7 Å². The number of thiocarbonyl (C=S) groups is 1. The molecular formula is C18H17ClN4S2. The summed E-state index contributed by atoms with van der Waals surface area (Å²) < 4.78 is 1.83. The lowest BCUT2D eigenvalue weighted by Gasteiger charge is -2.12. The highest BCUT2D eigenvalue weighted by Crippen LogP contribution is 2.23. The third-order valence-electron chi connectivity index (χ3n) is 3.51. The lowest BCUT2D eigenvalue weighted by Crippen LogP contribution is -2.33. The number of hydrogen-bond donors (Lipinski definition) is 2. The quantitative estimate of drug-likeness (QED) is 0.496. The lowest BCUT2D eigenvalue weighted by atomic mass is 10.2. The Kier molecular flexibility index (Phi) is 5.96. The first-order valence-electron chi connectivity index (χ1n) is 7.64. The third-order valence-corrected chi connectivity index (χ3v) is 4.65. The van der Waals surface area contributed by atoms with Gasteiger partial charge in [0.2, 0.25) is 0 Å². The Morgan fingerprint density at radius 2 is 1.88 bits per heavy atom. The molecule has 3 rings (SSSR count). The Labute approximate surface area is 161 Å². The van der Waals surface area contributed by atoms with Gasteiger partial charge in [0.1, 0.15) is 0 Å². The van der Waals surface area contributed by atoms with Crippen LogP contribution in [0.15, 0.2) is 66.0 Å². The maximum absolute atomic E-state index is 5.95. The molecule has 0 bridgehead atoms. The van der Waals surface area contributed by atoms with E-state index in [9.17, 15) is 0 Å². The van der Waals surface area contributed by atoms with E-state index in [2.05, 4.69) is 27.9 Å². The van der Waals surface area contributed by atoms with E-state index < -0.39 is 0 Å². The number of halogens is 1. The molecule has 2 aromatic carbocycles. The molecule has 7 heteroatoms. The number of thioether (sulfide) groups is 1. The van der Waals surface area contributed by atoms with Gasteiger partial charge in [-0.25, -0.2) is 9.66 Å². The molecule has 1 heterocycles. The molecule has 0 aliphatic carbocycles. The standard InChI is InChI=1S/C18H17ClN4S2/c1-25-18-21-16(14-7-9-15(19)10-8-14)12-23(18)22-17(24)20-11-13-5-3-2-4-6-13/h2-10,12H,11H2,1H3,(H2,20,22,24). The van der Waals surface area contributed by atoms with Crippen molar-refractivity contribution in [3.8, 4) is 11.3 Å². The normalized spacial score (nSPS) is 10.5. The number of nitrogens with one attached hydrogen (secondary N) is 2. The summed E-state index contributed by atoms with van der Waals surface area (Å²) >= 11 is 12.9. The van der Waals surface area contributed by atoms with Gasteiger partial charge in [-0.15, -0.1) is 0 Å². The van der Waals surface area contributed by atoms with Crippen molar-refractivity contribution in [1.82, 2.24) is 15.0 Å². The fourth-order valence-corrected chi connectivity index (χ4v) is 3.06. The first-order valence-corrected chi connectivity index (χ1v) is 9.65. The molecule has 0 atom stereocenters. The molecule has 1 aromatic heterocycles. The van der Waals surface area contributed by atoms with Crippen molar-refractivity contribution in [2.45, 2.75) is 11.7 Å². The average Bonchev–Trinajstić information content (AvgIpc) is 3.04. The van der Waals surface area contributed by atoms with Crippen LogP contribution in [0.5, 0.6) is 0 Å². The zero-order valence-electron chi connectivity index (χ0n) is 13.6. The van der Waals surface area contributed by atoms with Crippen LogP contribution in [0.2, 0.25) is 5.02 Å². The van der Waals surface area contributed by atoms with Crippen LogP contribution < -0.4 is 10.7 Å². The Morgan fingerprint density at radius 3 is 2.56 bits per heavy atom. The van der Waals surface area contributed by atoms with Gasteiger partial charge in [-0.2, -0.15) is 0 Å². The average molecular weight is 389 g/mol. The van der Waals surface area contributed by atoms with Gasteiger partial charge in [0.25, 0.3) is 0 Å². The van der Waals surface area contributed by atoms with Crippen LogP contribution in [-0.2, 0) is 6.54 Å². The second-order valence-electron chi connectivity index (χ2n) is 5.27. The molecule has 0 aliphatic heterocycles. The van der Waals surface area contributed by atoms with E-state index in [1.807, 2.05) is 59.6 Å². The molecule has 0 fully saturated rings. The maximum atomic E-state index is 5.95. The number of hydrogen-bond acceptors (Lipinski definition) is 3. The van der Waals surface area contributed by atoms with Crippen LogP contribution in [0.4, 0.5) is 0 Å². The van der Waals surface area contributed by atoms with Crippen molar-refractivity contribution in [1.29, 1.82) is 0 Å². The molecule has 128 valence electrons. The van der Waals surface area contributed by atoms with E-state index in [4.69, 9.17) is 23.8 Å². The minimum atomic E-state index is 0.541. The first kappa shape index (κ1) is 17.8. The van der Waals surface area contributed by atoms with E-state index >= 15 is 0 Å². The number of benzene rings is 2. The fourth-order valence-electron chi connectivity index (χ4n) is 2.27. The molecule has 0 unspecified atom stereocenters. The predicted octanol–water partition coefficient (Wildman–Crippen LogP) is 4.54. The largest absolute Gasteiger partial charge is 0.357 e. The summed E-state index contributed by atoms with van der Waals surface area (Å²) in [7, 11) is 0. The summed E-state index contributed by atoms with van der Waals surface area (Å²) in [6, 6.07) is 17.7. The van der Waals surface area contributed by atoms with Gasteiger partial charge in [-0.05, 0) is 36.2 Å². The Bertz CT molecular complexity index is 847. The van der Waals surface area contributed by atoms with Crippen LogP contribution >= 0.6 is 35.6 Å². The van der Waals surface area contributed by atoms with E-state index in [0.29, 0.717) is 16.7 Å². The Morgan fingerprint density at radius 1 is 1.16 bits per heavy atom. The molecule has 0 radical (unpaired) electrons. The summed E-state index contributed by atoms with van der Waals surface area (Å²) in [5.74, 6) is 0. The third kappa shape index (κ3) is 4.75. The zero-order chi connectivity index (χ0) is 17.6. The number of rotatable bonds is 5. The van der Waals surface area contributed by atoms with Crippen LogP contribution in [0.1, 0.15) is 5.56 Å². The molecule has 0 aliphatic rings. The smallest absolute Gasteiger partial charge is 0.187 e. The summed E-state index contributed by atoms with van der Waals surface area (Å²) in [4.78, 5) is 4.63. The van der Waals surface area contributed by atoms with Gasteiger partial charge < -0.3 is 5.32 Å². The van der Waals surface area contributed by atoms with E-state index in [1.165, 1.54) is 5.56 Å². The summed E-state index contributed by atoms with van der Waals surface area (Å²) in [6.07, 6.45) is 3.90. The predicted molar refractivity (Wildman–Crippen MR) is 110 cm³/mol. The van der Waals surface area contributed by atoms with Gasteiger partial charge in [0, 0.05) is 17.1 Å². The highest BCUT2D eigenvalue weighted by Gasteiger charge is 2.10. The van der Waals surface area contributed by atoms with Gasteiger partial charge >= 0.3 is 0 Å². The summed E-state index contributed by atoms with van der Waals surface area (Å²) in [5, 5.41) is 5.27. The van der Waals surface area contributed by atoms with E-state index in [1.54, 1.807) is 11.8 Å². The minimum absolute atomic E-state index is 0.541. The van der Waals surface area contributed by atoms with Gasteiger partial charge in [0.15, 0.2) is 10.3 Å². The fraction of sp³-hybridized carbons (Fsp3) is 0.111. The second-order valence-corrected chi connectivity index (χ2v) is 6.89. The molecule has 3 aromatic rings. The van der Waals surface area contributed by atoms with Crippen molar-refractivity contribution in [3.63, 3.8) is 0 Å². The Balaban J connectivity index is 1.69. The summed E-state index contributed by atoms with van der Waals surface area (Å²) in [5.41, 5.74) is 6.20. The topological polar surface area (TPSA) is 41.9 Å². The van der Waals surface area contributed by atoms with Crippen LogP contribution in [-0.4, -0.2) is 21.0 Å². The maximum Gasteiger partial charge on any atom is 0.187 e. The molecule has 0 spiro atoms. The number of aromatic nitrogens is 2. The van der Waals surface area contributed by atoms with Crippen molar-refractivity contribution >= 4 is 40.7 Å². The van der Waals surface area contributed by atoms with Crippen molar-refractivity contribution in [3.05, 3.63) is 71.4 Å². The van der Waals surface area contributed by atoms with Gasteiger partial charge in [0.05, 0.1) is 11.9 Å². The molecule has 0 saturated carbocycles. The SMILES string of the molecule is CSc1nc(-c2ccc(Cl)cc2)cn1NC(=S)NCc1ccccc1. The van der Waals surface area contributed by atoms with Gasteiger partial charge in [-0.3, -0.25) is 5.43 Å². The van der Waals surface area contributed by atoms with Crippen LogP contribution in [0, 0.1) is 0 Å². The van der Waals surface area contributed by atoms with Crippen molar-refractivity contribution < 1.29 is 0 Å². The summed E-state index contributed by atoms with van der Waals surface area (Å²) in [6.45, 7) is 0.667. The highest BCUT2D eigenvalue weighted by molar-refractivity contribution is 7.98. The van der Waals surface area contributed by atoms with Crippen LogP contribution in [0.3, 0.4) is 0 Å². The lowest BCUT2D eigenvalue weighted by molar-refractivity contribution is 0.815. The number of imidazole rings is 1. The number of nitrogens with zero attached hydrogens (tertiary/aromatic N) is 2. The Hall–Kier alpha value is -2.02. The van der Waals surface area contributed by atoms with Crippen LogP contribution in [0.25, 0.3) is 11.3 Å². The monoisotopic (exact) mass is 388 g/mol. The molecule has 25 heavy (non-hydrogen) atoms. The molecule has 2 N–H and O–H groups in total. The molecule has 4 nitrogen and oxygen atoms in total. The molecule has 0 saturated heterocycles. The van der Waals surface area contributed by atoms with E-state index in [-0.39, 0.29) is 0 Å². The molecular weight excluding hydrogens is 372 g/mol. The first-order chi connectivity index (χ1) is 12.2. The highest BCUT2D eigenvalue weighted by atomic mass is 35.5. The second kappa shape index (κ2) is 8.38. The van der Waals surface area contributed by atoms with Crippen molar-refractivity contribution in [2.24, 2.45) is 0 Å². The minimum Gasteiger partial charge on any atom is -0.357 e. The van der Waals surface area contributed by atoms with E-state index in [0.717, 1.165) is 16.4 Å². The van der Waals surface area contributed by atoms with Gasteiger partial charge in [-0.1, -0.05) is 65.8 Å².